The molecule has 1 aliphatic rings. The van der Waals surface area contributed by atoms with Gasteiger partial charge in [-0.05, 0) is 43.4 Å². The lowest BCUT2D eigenvalue weighted by Gasteiger charge is -2.07. The summed E-state index contributed by atoms with van der Waals surface area (Å²) in [7, 11) is 0. The Balaban J connectivity index is 1.89. The minimum Gasteiger partial charge on any atom is -0.462 e. The number of amides is 1. The Morgan fingerprint density at radius 2 is 2.08 bits per heavy atom. The topological polar surface area (TPSA) is 79.2 Å². The van der Waals surface area contributed by atoms with Gasteiger partial charge in [0.1, 0.15) is 16.6 Å². The Labute approximate surface area is 155 Å². The molecule has 0 saturated carbocycles. The number of fused-ring (bicyclic) bond motifs is 1. The molecule has 1 aromatic heterocycles. The molecule has 5 nitrogen and oxygen atoms in total. The SMILES string of the molecule is CCOC(=O)c1c(NC(=O)/C(C#N)=C\c2ccccc2)sc2c1CCC2. The fourth-order valence-electron chi connectivity index (χ4n) is 2.95. The number of ether oxygens (including phenoxy) is 1. The van der Waals surface area contributed by atoms with Crippen LogP contribution < -0.4 is 5.32 Å². The smallest absolute Gasteiger partial charge is 0.341 e. The van der Waals surface area contributed by atoms with Crippen LogP contribution >= 0.6 is 11.3 Å². The van der Waals surface area contributed by atoms with Crippen molar-refractivity contribution in [1.82, 2.24) is 0 Å². The van der Waals surface area contributed by atoms with E-state index in [9.17, 15) is 14.9 Å². The van der Waals surface area contributed by atoms with Crippen molar-refractivity contribution in [1.29, 1.82) is 5.26 Å². The lowest BCUT2D eigenvalue weighted by molar-refractivity contribution is -0.112. The van der Waals surface area contributed by atoms with Gasteiger partial charge in [-0.1, -0.05) is 30.3 Å². The van der Waals surface area contributed by atoms with Crippen LogP contribution in [0.1, 0.15) is 39.7 Å². The third kappa shape index (κ3) is 3.68. The molecule has 1 aliphatic carbocycles. The van der Waals surface area contributed by atoms with Crippen LogP contribution in [0, 0.1) is 11.3 Å². The van der Waals surface area contributed by atoms with Crippen LogP contribution in [0.2, 0.25) is 0 Å². The van der Waals surface area contributed by atoms with Crippen molar-refractivity contribution in [3.05, 3.63) is 57.5 Å². The molecule has 0 spiro atoms. The van der Waals surface area contributed by atoms with Gasteiger partial charge in [0.25, 0.3) is 5.91 Å². The number of rotatable bonds is 5. The highest BCUT2D eigenvalue weighted by Gasteiger charge is 2.28. The van der Waals surface area contributed by atoms with Crippen molar-refractivity contribution in [2.75, 3.05) is 11.9 Å². The number of aryl methyl sites for hydroxylation is 1. The molecule has 0 saturated heterocycles. The number of nitriles is 1. The molecule has 1 amide bonds. The fourth-order valence-corrected chi connectivity index (χ4v) is 4.22. The second-order valence-corrected chi connectivity index (χ2v) is 6.92. The van der Waals surface area contributed by atoms with Crippen molar-refractivity contribution < 1.29 is 14.3 Å². The minimum atomic E-state index is -0.526. The molecule has 2 aromatic rings. The van der Waals surface area contributed by atoms with E-state index in [1.165, 1.54) is 17.4 Å². The van der Waals surface area contributed by atoms with E-state index in [4.69, 9.17) is 4.74 Å². The number of nitrogens with zero attached hydrogens (tertiary/aromatic N) is 1. The first kappa shape index (κ1) is 17.9. The van der Waals surface area contributed by atoms with E-state index >= 15 is 0 Å². The number of thiophene rings is 1. The highest BCUT2D eigenvalue weighted by molar-refractivity contribution is 7.17. The quantitative estimate of drug-likeness (QED) is 0.493. The molecule has 0 atom stereocenters. The molecule has 0 bridgehead atoms. The molecule has 6 heteroatoms. The standard InChI is InChI=1S/C20H18N2O3S/c1-2-25-20(24)17-15-9-6-10-16(15)26-19(17)22-18(23)14(12-21)11-13-7-4-3-5-8-13/h3-5,7-8,11H,2,6,9-10H2,1H3,(H,22,23)/b14-11-. The summed E-state index contributed by atoms with van der Waals surface area (Å²) in [6, 6.07) is 11.1. The largest absolute Gasteiger partial charge is 0.462 e. The molecule has 0 radical (unpaired) electrons. The third-order valence-corrected chi connectivity index (χ3v) is 5.31. The first-order chi connectivity index (χ1) is 12.6. The average molecular weight is 366 g/mol. The highest BCUT2D eigenvalue weighted by atomic mass is 32.1. The summed E-state index contributed by atoms with van der Waals surface area (Å²) in [4.78, 5) is 26.0. The van der Waals surface area contributed by atoms with E-state index in [-0.39, 0.29) is 12.2 Å². The van der Waals surface area contributed by atoms with Crippen LogP contribution in [-0.2, 0) is 22.4 Å². The zero-order chi connectivity index (χ0) is 18.5. The number of anilines is 1. The van der Waals surface area contributed by atoms with Crippen molar-refractivity contribution in [2.24, 2.45) is 0 Å². The van der Waals surface area contributed by atoms with Crippen molar-refractivity contribution >= 4 is 34.3 Å². The summed E-state index contributed by atoms with van der Waals surface area (Å²) in [6.45, 7) is 2.02. The molecule has 132 valence electrons. The summed E-state index contributed by atoms with van der Waals surface area (Å²) in [5.41, 5.74) is 2.15. The molecule has 1 heterocycles. The monoisotopic (exact) mass is 366 g/mol. The zero-order valence-corrected chi connectivity index (χ0v) is 15.2. The first-order valence-corrected chi connectivity index (χ1v) is 9.25. The van der Waals surface area contributed by atoms with Crippen LogP contribution in [-0.4, -0.2) is 18.5 Å². The molecular formula is C20H18N2O3S. The van der Waals surface area contributed by atoms with Crippen molar-refractivity contribution in [2.45, 2.75) is 26.2 Å². The molecule has 26 heavy (non-hydrogen) atoms. The summed E-state index contributed by atoms with van der Waals surface area (Å²) in [5.74, 6) is -0.949. The highest BCUT2D eigenvalue weighted by Crippen LogP contribution is 2.39. The molecule has 1 aromatic carbocycles. The summed E-state index contributed by atoms with van der Waals surface area (Å²) < 4.78 is 5.15. The average Bonchev–Trinajstić information content (AvgIpc) is 3.21. The lowest BCUT2D eigenvalue weighted by Crippen LogP contribution is -2.16. The van der Waals surface area contributed by atoms with Crippen molar-refractivity contribution in [3.8, 4) is 6.07 Å². The fraction of sp³-hybridized carbons (Fsp3) is 0.250. The molecule has 0 unspecified atom stereocenters. The van der Waals surface area contributed by atoms with Gasteiger partial charge in [0.05, 0.1) is 12.2 Å². The summed E-state index contributed by atoms with van der Waals surface area (Å²) >= 11 is 1.40. The van der Waals surface area contributed by atoms with Gasteiger partial charge in [0, 0.05) is 4.88 Å². The Hall–Kier alpha value is -2.91. The van der Waals surface area contributed by atoms with E-state index < -0.39 is 11.9 Å². The van der Waals surface area contributed by atoms with Crippen LogP contribution in [0.4, 0.5) is 5.00 Å². The number of carbonyl (C=O) groups is 2. The Bertz CT molecular complexity index is 907. The van der Waals surface area contributed by atoms with E-state index in [2.05, 4.69) is 5.32 Å². The number of carbonyl (C=O) groups excluding carboxylic acids is 2. The molecule has 0 fully saturated rings. The normalized spacial score (nSPS) is 13.0. The van der Waals surface area contributed by atoms with Crippen LogP contribution in [0.25, 0.3) is 6.08 Å². The third-order valence-electron chi connectivity index (χ3n) is 4.10. The Morgan fingerprint density at radius 1 is 1.31 bits per heavy atom. The van der Waals surface area contributed by atoms with Gasteiger partial charge >= 0.3 is 5.97 Å². The molecular weight excluding hydrogens is 348 g/mol. The number of nitrogens with one attached hydrogen (secondary N) is 1. The van der Waals surface area contributed by atoms with E-state index in [0.717, 1.165) is 35.3 Å². The molecule has 1 N–H and O–H groups in total. The lowest BCUT2D eigenvalue weighted by atomic mass is 10.1. The zero-order valence-electron chi connectivity index (χ0n) is 14.4. The van der Waals surface area contributed by atoms with Crippen molar-refractivity contribution in [3.63, 3.8) is 0 Å². The van der Waals surface area contributed by atoms with E-state index in [0.29, 0.717) is 10.6 Å². The predicted molar refractivity (Wildman–Crippen MR) is 101 cm³/mol. The van der Waals surface area contributed by atoms with Gasteiger partial charge in [-0.3, -0.25) is 4.79 Å². The van der Waals surface area contributed by atoms with Gasteiger partial charge in [0.2, 0.25) is 0 Å². The second-order valence-electron chi connectivity index (χ2n) is 5.82. The van der Waals surface area contributed by atoms with Crippen LogP contribution in [0.15, 0.2) is 35.9 Å². The maximum absolute atomic E-state index is 12.6. The van der Waals surface area contributed by atoms with E-state index in [1.807, 2.05) is 36.4 Å². The minimum absolute atomic E-state index is 0.0143. The van der Waals surface area contributed by atoms with E-state index in [1.54, 1.807) is 6.92 Å². The van der Waals surface area contributed by atoms with Crippen LogP contribution in [0.5, 0.6) is 0 Å². The summed E-state index contributed by atoms with van der Waals surface area (Å²) in [6.07, 6.45) is 4.23. The summed E-state index contributed by atoms with van der Waals surface area (Å²) in [5, 5.41) is 12.6. The maximum Gasteiger partial charge on any atom is 0.341 e. The van der Waals surface area contributed by atoms with Gasteiger partial charge in [-0.25, -0.2) is 4.79 Å². The Morgan fingerprint density at radius 3 is 2.77 bits per heavy atom. The van der Waals surface area contributed by atoms with Gasteiger partial charge in [0.15, 0.2) is 0 Å². The maximum atomic E-state index is 12.6. The number of esters is 1. The second kappa shape index (κ2) is 7.98. The number of hydrogen-bond donors (Lipinski definition) is 1. The number of hydrogen-bond acceptors (Lipinski definition) is 5. The van der Waals surface area contributed by atoms with Gasteiger partial charge in [-0.2, -0.15) is 5.26 Å². The Kier molecular flexibility index (Phi) is 5.49. The first-order valence-electron chi connectivity index (χ1n) is 8.44. The predicted octanol–water partition coefficient (Wildman–Crippen LogP) is 3.96. The number of benzene rings is 1. The molecule has 3 rings (SSSR count). The van der Waals surface area contributed by atoms with Crippen LogP contribution in [0.3, 0.4) is 0 Å². The van der Waals surface area contributed by atoms with Gasteiger partial charge < -0.3 is 10.1 Å². The van der Waals surface area contributed by atoms with Gasteiger partial charge in [-0.15, -0.1) is 11.3 Å². The molecule has 0 aliphatic heterocycles.